The number of aliphatic imine (C=N–C) groups is 1. The summed E-state index contributed by atoms with van der Waals surface area (Å²) in [6.45, 7) is 1.19. The molecule has 1 unspecified atom stereocenters. The molecule has 76 valence electrons. The molecular formula is C9H12N2O2S. The van der Waals surface area contributed by atoms with Crippen LogP contribution in [0.15, 0.2) is 17.1 Å². The minimum Gasteiger partial charge on any atom is -0.370 e. The summed E-state index contributed by atoms with van der Waals surface area (Å²) in [7, 11) is 0. The Hall–Kier alpha value is -1.03. The van der Waals surface area contributed by atoms with Crippen molar-refractivity contribution in [2.75, 3.05) is 13.1 Å². The number of nitrogens with zero attached hydrogens (tertiary/aromatic N) is 2. The molecule has 1 rings (SSSR count). The van der Waals surface area contributed by atoms with Crippen LogP contribution in [0.2, 0.25) is 0 Å². The summed E-state index contributed by atoms with van der Waals surface area (Å²) >= 11 is 4.42. The summed E-state index contributed by atoms with van der Waals surface area (Å²) in [6.07, 6.45) is 3.78. The van der Waals surface area contributed by atoms with Gasteiger partial charge in [-0.05, 0) is 31.1 Å². The Morgan fingerprint density at radius 1 is 1.64 bits per heavy atom. The molecule has 14 heavy (non-hydrogen) atoms. The van der Waals surface area contributed by atoms with Crippen LogP contribution in [0.25, 0.3) is 0 Å². The molecule has 1 heterocycles. The lowest BCUT2D eigenvalue weighted by molar-refractivity contribution is -0.130. The molecule has 0 aromatic carbocycles. The van der Waals surface area contributed by atoms with E-state index in [9.17, 15) is 9.90 Å². The molecule has 0 saturated carbocycles. The number of hydrogen-bond donors (Lipinski definition) is 1. The van der Waals surface area contributed by atoms with E-state index in [0.717, 1.165) is 12.8 Å². The highest BCUT2D eigenvalue weighted by Gasteiger charge is 2.22. The third-order valence-corrected chi connectivity index (χ3v) is 2.13. The molecule has 0 aromatic heterocycles. The van der Waals surface area contributed by atoms with E-state index in [0.29, 0.717) is 13.1 Å². The first-order valence-corrected chi connectivity index (χ1v) is 4.87. The van der Waals surface area contributed by atoms with Gasteiger partial charge in [0.05, 0.1) is 5.16 Å². The lowest BCUT2D eigenvalue weighted by atomic mass is 10.3. The van der Waals surface area contributed by atoms with Crippen LogP contribution in [0.1, 0.15) is 12.8 Å². The number of carbonyl (C=O) groups excluding carboxylic acids is 1. The maximum Gasteiger partial charge on any atom is 0.248 e. The van der Waals surface area contributed by atoms with Crippen LogP contribution in [0.4, 0.5) is 0 Å². The standard InChI is InChI=1S/C9H12N2O2S/c12-8-3-4-9(13)11(8)6-2-1-5-10-7-14/h3-4,8,12H,1-2,5-6H2. The van der Waals surface area contributed by atoms with Gasteiger partial charge >= 0.3 is 0 Å². The number of rotatable bonds is 5. The first-order valence-electron chi connectivity index (χ1n) is 4.46. The average molecular weight is 212 g/mol. The second kappa shape index (κ2) is 5.65. The topological polar surface area (TPSA) is 52.9 Å². The highest BCUT2D eigenvalue weighted by molar-refractivity contribution is 7.78. The third-order valence-electron chi connectivity index (χ3n) is 2.00. The SMILES string of the molecule is O=C1C=CC(O)N1CCCCN=C=S. The van der Waals surface area contributed by atoms with Gasteiger partial charge in [-0.25, -0.2) is 4.99 Å². The van der Waals surface area contributed by atoms with Gasteiger partial charge in [-0.1, -0.05) is 0 Å². The molecule has 0 saturated heterocycles. The van der Waals surface area contributed by atoms with E-state index in [1.165, 1.54) is 17.1 Å². The Bertz CT molecular complexity index is 285. The minimum atomic E-state index is -0.753. The van der Waals surface area contributed by atoms with Gasteiger partial charge in [-0.15, -0.1) is 0 Å². The number of amides is 1. The zero-order valence-electron chi connectivity index (χ0n) is 7.72. The van der Waals surface area contributed by atoms with Crippen molar-refractivity contribution in [2.24, 2.45) is 4.99 Å². The van der Waals surface area contributed by atoms with Gasteiger partial charge in [-0.3, -0.25) is 4.79 Å². The van der Waals surface area contributed by atoms with Gasteiger partial charge in [0.25, 0.3) is 0 Å². The van der Waals surface area contributed by atoms with Gasteiger partial charge in [0.1, 0.15) is 6.23 Å². The van der Waals surface area contributed by atoms with Crippen LogP contribution >= 0.6 is 12.2 Å². The summed E-state index contributed by atoms with van der Waals surface area (Å²) in [5.74, 6) is -0.129. The molecule has 1 aliphatic heterocycles. The van der Waals surface area contributed by atoms with Crippen molar-refractivity contribution in [3.05, 3.63) is 12.2 Å². The number of hydrogen-bond acceptors (Lipinski definition) is 4. The molecule has 1 N–H and O–H groups in total. The fraction of sp³-hybridized carbons (Fsp3) is 0.556. The van der Waals surface area contributed by atoms with Crippen LogP contribution < -0.4 is 0 Å². The molecule has 0 aromatic rings. The zero-order chi connectivity index (χ0) is 10.4. The summed E-state index contributed by atoms with van der Waals surface area (Å²) < 4.78 is 0. The van der Waals surface area contributed by atoms with Gasteiger partial charge in [0.2, 0.25) is 5.91 Å². The van der Waals surface area contributed by atoms with E-state index in [1.807, 2.05) is 0 Å². The maximum absolute atomic E-state index is 11.1. The lowest BCUT2D eigenvalue weighted by Crippen LogP contribution is -2.34. The number of unbranched alkanes of at least 4 members (excludes halogenated alkanes) is 1. The molecule has 0 fully saturated rings. The molecular weight excluding hydrogens is 200 g/mol. The third kappa shape index (κ3) is 3.03. The summed E-state index contributed by atoms with van der Waals surface area (Å²) in [4.78, 5) is 16.3. The Morgan fingerprint density at radius 2 is 2.43 bits per heavy atom. The first-order chi connectivity index (χ1) is 6.75. The normalized spacial score (nSPS) is 19.9. The van der Waals surface area contributed by atoms with Crippen molar-refractivity contribution in [1.82, 2.24) is 4.90 Å². The number of isothiocyanates is 1. The largest absolute Gasteiger partial charge is 0.370 e. The molecule has 0 bridgehead atoms. The van der Waals surface area contributed by atoms with Crippen molar-refractivity contribution >= 4 is 23.3 Å². The molecule has 0 spiro atoms. The molecule has 5 heteroatoms. The average Bonchev–Trinajstić information content (AvgIpc) is 2.48. The van der Waals surface area contributed by atoms with E-state index in [-0.39, 0.29) is 5.91 Å². The number of thiocarbonyl (C=S) groups is 1. The predicted octanol–water partition coefficient (Wildman–Crippen LogP) is 0.586. The summed E-state index contributed by atoms with van der Waals surface area (Å²) in [5.41, 5.74) is 0. The monoisotopic (exact) mass is 212 g/mol. The number of carbonyl (C=O) groups is 1. The van der Waals surface area contributed by atoms with Crippen molar-refractivity contribution in [3.8, 4) is 0 Å². The fourth-order valence-corrected chi connectivity index (χ4v) is 1.35. The van der Waals surface area contributed by atoms with E-state index < -0.39 is 6.23 Å². The van der Waals surface area contributed by atoms with Crippen molar-refractivity contribution < 1.29 is 9.90 Å². The Balaban J connectivity index is 2.18. The molecule has 1 atom stereocenters. The van der Waals surface area contributed by atoms with Crippen LogP contribution in [0, 0.1) is 0 Å². The van der Waals surface area contributed by atoms with Crippen molar-refractivity contribution in [2.45, 2.75) is 19.1 Å². The number of aliphatic hydroxyl groups excluding tert-OH is 1. The van der Waals surface area contributed by atoms with Gasteiger partial charge in [0, 0.05) is 19.2 Å². The Labute approximate surface area is 87.9 Å². The summed E-state index contributed by atoms with van der Waals surface area (Å²) in [5, 5.41) is 11.6. The summed E-state index contributed by atoms with van der Waals surface area (Å²) in [6, 6.07) is 0. The van der Waals surface area contributed by atoms with Gasteiger partial charge in [0.15, 0.2) is 0 Å². The van der Waals surface area contributed by atoms with Crippen molar-refractivity contribution in [3.63, 3.8) is 0 Å². The molecule has 4 nitrogen and oxygen atoms in total. The van der Waals surface area contributed by atoms with Crippen LogP contribution in [-0.4, -0.2) is 40.4 Å². The van der Waals surface area contributed by atoms with Crippen molar-refractivity contribution in [1.29, 1.82) is 0 Å². The minimum absolute atomic E-state index is 0.129. The Kier molecular flexibility index (Phi) is 4.46. The lowest BCUT2D eigenvalue weighted by Gasteiger charge is -2.19. The maximum atomic E-state index is 11.1. The first kappa shape index (κ1) is 11.0. The quantitative estimate of drug-likeness (QED) is 0.412. The van der Waals surface area contributed by atoms with Gasteiger partial charge in [-0.2, -0.15) is 0 Å². The smallest absolute Gasteiger partial charge is 0.248 e. The number of aliphatic hydroxyl groups is 1. The van der Waals surface area contributed by atoms with Crippen LogP contribution in [0.3, 0.4) is 0 Å². The highest BCUT2D eigenvalue weighted by atomic mass is 32.1. The van der Waals surface area contributed by atoms with Crippen LogP contribution in [0.5, 0.6) is 0 Å². The Morgan fingerprint density at radius 3 is 3.00 bits per heavy atom. The van der Waals surface area contributed by atoms with E-state index in [1.54, 1.807) is 0 Å². The second-order valence-electron chi connectivity index (χ2n) is 2.98. The second-order valence-corrected chi connectivity index (χ2v) is 3.17. The van der Waals surface area contributed by atoms with Gasteiger partial charge < -0.3 is 10.0 Å². The zero-order valence-corrected chi connectivity index (χ0v) is 8.54. The molecule has 1 amide bonds. The molecule has 0 radical (unpaired) electrons. The van der Waals surface area contributed by atoms with Crippen LogP contribution in [-0.2, 0) is 4.79 Å². The van der Waals surface area contributed by atoms with E-state index in [4.69, 9.17) is 0 Å². The predicted molar refractivity (Wildman–Crippen MR) is 56.0 cm³/mol. The molecule has 0 aliphatic carbocycles. The van der Waals surface area contributed by atoms with E-state index >= 15 is 0 Å². The fourth-order valence-electron chi connectivity index (χ4n) is 1.26. The molecule has 1 aliphatic rings. The van der Waals surface area contributed by atoms with E-state index in [2.05, 4.69) is 22.4 Å². The highest BCUT2D eigenvalue weighted by Crippen LogP contribution is 2.09.